The molecular weight excluding hydrogens is 316 g/mol. The molecule has 0 aliphatic heterocycles. The van der Waals surface area contributed by atoms with Crippen molar-refractivity contribution in [1.82, 2.24) is 5.32 Å². The van der Waals surface area contributed by atoms with Crippen LogP contribution in [0.2, 0.25) is 0 Å². The van der Waals surface area contributed by atoms with Crippen LogP contribution in [0.1, 0.15) is 27.7 Å². The van der Waals surface area contributed by atoms with Crippen molar-refractivity contribution in [1.29, 1.82) is 0 Å². The molecule has 3 nitrogen and oxygen atoms in total. The number of hydrogen-bond acceptors (Lipinski definition) is 2. The molecule has 110 valence electrons. The van der Waals surface area contributed by atoms with Gasteiger partial charge in [0, 0.05) is 10.2 Å². The predicted molar refractivity (Wildman–Crippen MR) is 86.7 cm³/mol. The van der Waals surface area contributed by atoms with E-state index in [9.17, 15) is 4.79 Å². The normalized spacial score (nSPS) is 19.6. The van der Waals surface area contributed by atoms with E-state index in [2.05, 4.69) is 54.3 Å². The Bertz CT molecular complexity index is 497. The third-order valence-electron chi connectivity index (χ3n) is 5.06. The van der Waals surface area contributed by atoms with Crippen LogP contribution in [0, 0.1) is 16.7 Å². The molecule has 0 aromatic heterocycles. The summed E-state index contributed by atoms with van der Waals surface area (Å²) in [5.74, 6) is 0.632. The average Bonchev–Trinajstić information content (AvgIpc) is 2.71. The molecule has 0 atom stereocenters. The van der Waals surface area contributed by atoms with Gasteiger partial charge in [-0.15, -0.1) is 0 Å². The second kappa shape index (κ2) is 5.49. The summed E-state index contributed by atoms with van der Waals surface area (Å²) in [6, 6.07) is 7.62. The molecule has 0 heterocycles. The van der Waals surface area contributed by atoms with Gasteiger partial charge in [0.25, 0.3) is 0 Å². The first kappa shape index (κ1) is 15.5. The van der Waals surface area contributed by atoms with E-state index in [4.69, 9.17) is 0 Å². The van der Waals surface area contributed by atoms with Crippen molar-refractivity contribution < 1.29 is 4.79 Å². The lowest BCUT2D eigenvalue weighted by Gasteiger charge is -2.08. The maximum Gasteiger partial charge on any atom is 0.238 e. The quantitative estimate of drug-likeness (QED) is 0.860. The molecule has 2 rings (SSSR count). The van der Waals surface area contributed by atoms with Gasteiger partial charge in [0.05, 0.1) is 6.54 Å². The number of rotatable bonds is 5. The number of hydrogen-bond donors (Lipinski definition) is 2. The van der Waals surface area contributed by atoms with Crippen LogP contribution in [0.3, 0.4) is 0 Å². The Balaban J connectivity index is 1.74. The average molecular weight is 339 g/mol. The fourth-order valence-electron chi connectivity index (χ4n) is 2.94. The third kappa shape index (κ3) is 3.07. The van der Waals surface area contributed by atoms with Gasteiger partial charge in [0.2, 0.25) is 5.91 Å². The lowest BCUT2D eigenvalue weighted by atomic mass is 10.0. The molecule has 0 radical (unpaired) electrons. The fourth-order valence-corrected chi connectivity index (χ4v) is 3.34. The highest BCUT2D eigenvalue weighted by molar-refractivity contribution is 9.10. The molecule has 0 spiro atoms. The molecule has 20 heavy (non-hydrogen) atoms. The van der Waals surface area contributed by atoms with Gasteiger partial charge >= 0.3 is 0 Å². The van der Waals surface area contributed by atoms with Crippen LogP contribution < -0.4 is 10.6 Å². The van der Waals surface area contributed by atoms with Crippen LogP contribution >= 0.6 is 15.9 Å². The van der Waals surface area contributed by atoms with Crippen LogP contribution in [-0.4, -0.2) is 19.0 Å². The van der Waals surface area contributed by atoms with Crippen molar-refractivity contribution in [2.75, 3.05) is 18.4 Å². The first-order valence-electron chi connectivity index (χ1n) is 7.01. The Morgan fingerprint density at radius 2 is 1.90 bits per heavy atom. The molecule has 0 bridgehead atoms. The zero-order valence-corrected chi connectivity index (χ0v) is 14.2. The summed E-state index contributed by atoms with van der Waals surface area (Å²) in [6.45, 7) is 10.4. The Morgan fingerprint density at radius 3 is 2.45 bits per heavy atom. The zero-order chi connectivity index (χ0) is 15.0. The summed E-state index contributed by atoms with van der Waals surface area (Å²) >= 11 is 3.39. The van der Waals surface area contributed by atoms with Crippen molar-refractivity contribution >= 4 is 27.5 Å². The van der Waals surface area contributed by atoms with E-state index >= 15 is 0 Å². The van der Waals surface area contributed by atoms with Crippen molar-refractivity contribution in [3.63, 3.8) is 0 Å². The molecule has 1 aliphatic rings. The highest BCUT2D eigenvalue weighted by Gasteiger charge is 2.63. The number of anilines is 1. The number of nitrogens with one attached hydrogen (secondary N) is 2. The molecule has 1 aliphatic carbocycles. The highest BCUT2D eigenvalue weighted by atomic mass is 79.9. The molecule has 0 saturated heterocycles. The van der Waals surface area contributed by atoms with Crippen molar-refractivity contribution in [2.45, 2.75) is 27.7 Å². The summed E-state index contributed by atoms with van der Waals surface area (Å²) in [6.07, 6.45) is 0. The van der Waals surface area contributed by atoms with Gasteiger partial charge in [0.1, 0.15) is 0 Å². The van der Waals surface area contributed by atoms with E-state index in [1.807, 2.05) is 24.3 Å². The molecule has 0 unspecified atom stereocenters. The highest BCUT2D eigenvalue weighted by Crippen LogP contribution is 2.67. The maximum absolute atomic E-state index is 11.9. The van der Waals surface area contributed by atoms with E-state index in [0.29, 0.717) is 23.3 Å². The Kier molecular flexibility index (Phi) is 4.26. The minimum atomic E-state index is -0.000591. The van der Waals surface area contributed by atoms with E-state index in [0.717, 1.165) is 16.7 Å². The Labute approximate surface area is 129 Å². The maximum atomic E-state index is 11.9. The first-order valence-corrected chi connectivity index (χ1v) is 7.80. The third-order valence-corrected chi connectivity index (χ3v) is 5.56. The standard InChI is InChI=1S/C16H23BrN2O/c1-15(2)13(16(15,3)4)9-18-10-14(20)19-12-7-5-6-11(17)8-12/h5-8,13,18H,9-10H2,1-4H3,(H,19,20). The summed E-state index contributed by atoms with van der Waals surface area (Å²) in [5, 5.41) is 6.16. The van der Waals surface area contributed by atoms with Gasteiger partial charge in [-0.25, -0.2) is 0 Å². The van der Waals surface area contributed by atoms with Gasteiger partial charge in [-0.3, -0.25) is 4.79 Å². The van der Waals surface area contributed by atoms with Crippen LogP contribution in [-0.2, 0) is 4.79 Å². The summed E-state index contributed by atoms with van der Waals surface area (Å²) in [5.41, 5.74) is 1.54. The van der Waals surface area contributed by atoms with Gasteiger partial charge < -0.3 is 10.6 Å². The first-order chi connectivity index (χ1) is 9.25. The number of halogens is 1. The Hall–Kier alpha value is -0.870. The number of benzene rings is 1. The topological polar surface area (TPSA) is 41.1 Å². The number of carbonyl (C=O) groups is 1. The Morgan fingerprint density at radius 1 is 1.25 bits per heavy atom. The lowest BCUT2D eigenvalue weighted by Crippen LogP contribution is -2.30. The van der Waals surface area contributed by atoms with E-state index in [1.165, 1.54) is 0 Å². The summed E-state index contributed by atoms with van der Waals surface area (Å²) < 4.78 is 0.963. The molecule has 1 saturated carbocycles. The van der Waals surface area contributed by atoms with Gasteiger partial charge in [-0.1, -0.05) is 49.7 Å². The lowest BCUT2D eigenvalue weighted by molar-refractivity contribution is -0.115. The van der Waals surface area contributed by atoms with Crippen molar-refractivity contribution in [2.24, 2.45) is 16.7 Å². The minimum Gasteiger partial charge on any atom is -0.325 e. The summed E-state index contributed by atoms with van der Waals surface area (Å²) in [7, 11) is 0. The zero-order valence-electron chi connectivity index (χ0n) is 12.6. The van der Waals surface area contributed by atoms with Gasteiger partial charge in [0.15, 0.2) is 0 Å². The van der Waals surface area contributed by atoms with Crippen LogP contribution in [0.5, 0.6) is 0 Å². The van der Waals surface area contributed by atoms with E-state index in [-0.39, 0.29) is 5.91 Å². The fraction of sp³-hybridized carbons (Fsp3) is 0.562. The molecular formula is C16H23BrN2O. The predicted octanol–water partition coefficient (Wildman–Crippen LogP) is 3.66. The smallest absolute Gasteiger partial charge is 0.238 e. The minimum absolute atomic E-state index is 0.000591. The molecule has 2 N–H and O–H groups in total. The number of amides is 1. The van der Waals surface area contributed by atoms with E-state index < -0.39 is 0 Å². The molecule has 1 fully saturated rings. The van der Waals surface area contributed by atoms with Gasteiger partial charge in [-0.05, 0) is 41.5 Å². The van der Waals surface area contributed by atoms with Gasteiger partial charge in [-0.2, -0.15) is 0 Å². The molecule has 1 aromatic rings. The van der Waals surface area contributed by atoms with Crippen LogP contribution in [0.25, 0.3) is 0 Å². The van der Waals surface area contributed by atoms with Crippen molar-refractivity contribution in [3.8, 4) is 0 Å². The van der Waals surface area contributed by atoms with Crippen molar-refractivity contribution in [3.05, 3.63) is 28.7 Å². The van der Waals surface area contributed by atoms with E-state index in [1.54, 1.807) is 0 Å². The second-order valence-corrected chi connectivity index (χ2v) is 7.60. The second-order valence-electron chi connectivity index (χ2n) is 6.69. The molecule has 1 amide bonds. The largest absolute Gasteiger partial charge is 0.325 e. The number of carbonyl (C=O) groups excluding carboxylic acids is 1. The molecule has 1 aromatic carbocycles. The summed E-state index contributed by atoms with van der Waals surface area (Å²) in [4.78, 5) is 11.9. The SMILES string of the molecule is CC1(C)C(CNCC(=O)Nc2cccc(Br)c2)C1(C)C. The monoisotopic (exact) mass is 338 g/mol. The van der Waals surface area contributed by atoms with Crippen LogP contribution in [0.15, 0.2) is 28.7 Å². The molecule has 4 heteroatoms. The van der Waals surface area contributed by atoms with Crippen LogP contribution in [0.4, 0.5) is 5.69 Å².